The average Bonchev–Trinajstić information content (AvgIpc) is 2.87. The zero-order chi connectivity index (χ0) is 24.4. The van der Waals surface area contributed by atoms with Gasteiger partial charge in [0.15, 0.2) is 6.61 Å². The lowest BCUT2D eigenvalue weighted by Crippen LogP contribution is -2.39. The van der Waals surface area contributed by atoms with E-state index in [0.717, 1.165) is 4.31 Å². The van der Waals surface area contributed by atoms with E-state index in [1.54, 1.807) is 66.7 Å². The van der Waals surface area contributed by atoms with Crippen molar-refractivity contribution in [1.82, 2.24) is 5.43 Å². The van der Waals surface area contributed by atoms with Crippen molar-refractivity contribution in [1.29, 1.82) is 5.26 Å². The second-order valence-electron chi connectivity index (χ2n) is 6.83. The van der Waals surface area contributed by atoms with E-state index in [1.807, 2.05) is 6.07 Å². The number of benzene rings is 3. The van der Waals surface area contributed by atoms with Crippen LogP contribution in [0.2, 0.25) is 0 Å². The van der Waals surface area contributed by atoms with Gasteiger partial charge in [-0.1, -0.05) is 18.2 Å². The van der Waals surface area contributed by atoms with Gasteiger partial charge >= 0.3 is 0 Å². The molecule has 34 heavy (non-hydrogen) atoms. The zero-order valence-electron chi connectivity index (χ0n) is 18.3. The first-order chi connectivity index (χ1) is 16.4. The maximum atomic E-state index is 13.3. The van der Waals surface area contributed by atoms with Gasteiger partial charge < -0.3 is 9.47 Å². The molecule has 0 radical (unpaired) electrons. The van der Waals surface area contributed by atoms with Gasteiger partial charge in [0.1, 0.15) is 24.1 Å². The first-order valence-electron chi connectivity index (χ1n) is 10.1. The molecule has 1 amide bonds. The Morgan fingerprint density at radius 2 is 1.68 bits per heavy atom. The van der Waals surface area contributed by atoms with Crippen molar-refractivity contribution < 1.29 is 22.7 Å². The summed E-state index contributed by atoms with van der Waals surface area (Å²) in [4.78, 5) is 12.6. The highest BCUT2D eigenvalue weighted by atomic mass is 32.2. The number of nitriles is 1. The molecule has 0 heterocycles. The smallest absolute Gasteiger partial charge is 0.264 e. The quantitative estimate of drug-likeness (QED) is 0.353. The minimum Gasteiger partial charge on any atom is -0.497 e. The van der Waals surface area contributed by atoms with E-state index in [4.69, 9.17) is 14.7 Å². The Kier molecular flexibility index (Phi) is 8.21. The first kappa shape index (κ1) is 24.3. The molecule has 0 bridgehead atoms. The van der Waals surface area contributed by atoms with Gasteiger partial charge in [0, 0.05) is 0 Å². The molecule has 0 spiro atoms. The molecule has 10 heteroatoms. The van der Waals surface area contributed by atoms with E-state index in [2.05, 4.69) is 10.5 Å². The van der Waals surface area contributed by atoms with Crippen molar-refractivity contribution >= 4 is 27.8 Å². The number of nitrogens with zero attached hydrogens (tertiary/aromatic N) is 3. The Morgan fingerprint density at radius 3 is 2.29 bits per heavy atom. The molecule has 3 aromatic carbocycles. The van der Waals surface area contributed by atoms with Crippen LogP contribution < -0.4 is 19.2 Å². The van der Waals surface area contributed by atoms with Crippen LogP contribution in [0.1, 0.15) is 5.56 Å². The average molecular weight is 479 g/mol. The number of ether oxygens (including phenoxy) is 2. The molecule has 0 aliphatic rings. The number of hydrazone groups is 1. The number of nitrogens with one attached hydrogen (secondary N) is 1. The number of hydrogen-bond acceptors (Lipinski definition) is 7. The fourth-order valence-corrected chi connectivity index (χ4v) is 4.34. The Morgan fingerprint density at radius 1 is 1.03 bits per heavy atom. The Hall–Kier alpha value is -4.36. The fourth-order valence-electron chi connectivity index (χ4n) is 2.89. The van der Waals surface area contributed by atoms with E-state index in [1.165, 1.54) is 25.5 Å². The molecule has 1 N–H and O–H groups in total. The summed E-state index contributed by atoms with van der Waals surface area (Å²) in [7, 11) is -2.51. The van der Waals surface area contributed by atoms with Crippen LogP contribution in [0.5, 0.6) is 11.5 Å². The maximum absolute atomic E-state index is 13.3. The number of amides is 1. The van der Waals surface area contributed by atoms with Crippen molar-refractivity contribution in [3.63, 3.8) is 0 Å². The van der Waals surface area contributed by atoms with Crippen LogP contribution in [-0.2, 0) is 14.8 Å². The predicted octanol–water partition coefficient (Wildman–Crippen LogP) is 2.94. The summed E-state index contributed by atoms with van der Waals surface area (Å²) >= 11 is 0. The van der Waals surface area contributed by atoms with Crippen molar-refractivity contribution in [3.05, 3.63) is 84.4 Å². The van der Waals surface area contributed by atoms with E-state index >= 15 is 0 Å². The normalized spacial score (nSPS) is 10.9. The van der Waals surface area contributed by atoms with Crippen LogP contribution in [-0.4, -0.2) is 40.8 Å². The highest BCUT2D eigenvalue weighted by molar-refractivity contribution is 7.92. The summed E-state index contributed by atoms with van der Waals surface area (Å²) in [6, 6.07) is 22.8. The molecule has 0 unspecified atom stereocenters. The topological polar surface area (TPSA) is 121 Å². The van der Waals surface area contributed by atoms with E-state index in [0.29, 0.717) is 22.7 Å². The largest absolute Gasteiger partial charge is 0.497 e. The molecule has 0 aromatic heterocycles. The molecule has 0 saturated carbocycles. The van der Waals surface area contributed by atoms with Crippen molar-refractivity contribution in [2.24, 2.45) is 5.10 Å². The highest BCUT2D eigenvalue weighted by Crippen LogP contribution is 2.25. The van der Waals surface area contributed by atoms with Gasteiger partial charge in [-0.15, -0.1) is 0 Å². The van der Waals surface area contributed by atoms with Gasteiger partial charge in [0.2, 0.25) is 0 Å². The van der Waals surface area contributed by atoms with Crippen molar-refractivity contribution in [3.8, 4) is 17.6 Å². The Balaban J connectivity index is 1.74. The lowest BCUT2D eigenvalue weighted by Gasteiger charge is -2.23. The lowest BCUT2D eigenvalue weighted by molar-refractivity contribution is -0.119. The molecule has 0 atom stereocenters. The molecule has 0 aliphatic carbocycles. The minimum atomic E-state index is -4.02. The van der Waals surface area contributed by atoms with Crippen LogP contribution in [0.3, 0.4) is 0 Å². The Labute approximate surface area is 197 Å². The third kappa shape index (κ3) is 6.34. The number of methoxy groups -OCH3 is 1. The van der Waals surface area contributed by atoms with E-state index < -0.39 is 22.5 Å². The summed E-state index contributed by atoms with van der Waals surface area (Å²) in [6.07, 6.45) is 1.41. The van der Waals surface area contributed by atoms with Crippen LogP contribution in [0.4, 0.5) is 5.69 Å². The van der Waals surface area contributed by atoms with Crippen molar-refractivity contribution in [2.45, 2.75) is 4.90 Å². The summed E-state index contributed by atoms with van der Waals surface area (Å²) in [6.45, 7) is -0.540. The fraction of sp³-hybridized carbons (Fsp3) is 0.125. The number of carbonyl (C=O) groups is 1. The Bertz CT molecular complexity index is 1270. The molecule has 174 valence electrons. The van der Waals surface area contributed by atoms with Crippen LogP contribution in [0.25, 0.3) is 0 Å². The number of hydrogen-bond donors (Lipinski definition) is 1. The van der Waals surface area contributed by atoms with Gasteiger partial charge in [-0.3, -0.25) is 9.10 Å². The van der Waals surface area contributed by atoms with E-state index in [9.17, 15) is 13.2 Å². The number of rotatable bonds is 10. The molecular weight excluding hydrogens is 456 g/mol. The van der Waals surface area contributed by atoms with Crippen LogP contribution >= 0.6 is 0 Å². The third-order valence-corrected chi connectivity index (χ3v) is 6.35. The van der Waals surface area contributed by atoms with Crippen molar-refractivity contribution in [2.75, 3.05) is 24.6 Å². The van der Waals surface area contributed by atoms with Gasteiger partial charge in [-0.25, -0.2) is 13.8 Å². The summed E-state index contributed by atoms with van der Waals surface area (Å²) in [5.74, 6) is 0.462. The second kappa shape index (κ2) is 11.5. The molecular formula is C24H22N4O5S. The number of sulfonamides is 1. The number of anilines is 1. The lowest BCUT2D eigenvalue weighted by atomic mass is 10.2. The van der Waals surface area contributed by atoms with Gasteiger partial charge in [0.25, 0.3) is 15.9 Å². The minimum absolute atomic E-state index is 0.0555. The standard InChI is InChI=1S/C24H22N4O5S/c1-32-21-13-9-20(10-14-21)28(34(30,31)23-5-3-2-4-6-23)18-24(29)27-26-17-19-7-11-22(12-8-19)33-16-15-25/h2-14,17H,16,18H2,1H3,(H,27,29)/b26-17-. The summed E-state index contributed by atoms with van der Waals surface area (Å²) in [5, 5.41) is 12.4. The highest BCUT2D eigenvalue weighted by Gasteiger charge is 2.27. The SMILES string of the molecule is COc1ccc(N(CC(=O)N/N=C\c2ccc(OCC#N)cc2)S(=O)(=O)c2ccccc2)cc1. The second-order valence-corrected chi connectivity index (χ2v) is 8.69. The monoisotopic (exact) mass is 478 g/mol. The first-order valence-corrected chi connectivity index (χ1v) is 11.5. The molecule has 9 nitrogen and oxygen atoms in total. The molecule has 0 aliphatic heterocycles. The number of carbonyl (C=O) groups excluding carboxylic acids is 1. The van der Waals surface area contributed by atoms with Crippen LogP contribution in [0, 0.1) is 11.3 Å². The molecule has 0 fully saturated rings. The predicted molar refractivity (Wildman–Crippen MR) is 127 cm³/mol. The molecule has 3 rings (SSSR count). The molecule has 3 aromatic rings. The van der Waals surface area contributed by atoms with Gasteiger partial charge in [-0.2, -0.15) is 10.4 Å². The van der Waals surface area contributed by atoms with Crippen LogP contribution in [0.15, 0.2) is 88.9 Å². The maximum Gasteiger partial charge on any atom is 0.264 e. The summed E-state index contributed by atoms with van der Waals surface area (Å²) in [5.41, 5.74) is 3.33. The summed E-state index contributed by atoms with van der Waals surface area (Å²) < 4.78 is 37.9. The van der Waals surface area contributed by atoms with Gasteiger partial charge in [-0.05, 0) is 66.2 Å². The van der Waals surface area contributed by atoms with E-state index in [-0.39, 0.29) is 11.5 Å². The molecule has 0 saturated heterocycles. The van der Waals surface area contributed by atoms with Gasteiger partial charge in [0.05, 0.1) is 23.9 Å². The zero-order valence-corrected chi connectivity index (χ0v) is 19.1. The third-order valence-electron chi connectivity index (χ3n) is 4.57.